The smallest absolute Gasteiger partial charge is 0.108 e. The van der Waals surface area contributed by atoms with Crippen LogP contribution in [0.1, 0.15) is 96.0 Å². The van der Waals surface area contributed by atoms with Gasteiger partial charge in [-0.2, -0.15) is 0 Å². The van der Waals surface area contributed by atoms with Crippen LogP contribution < -0.4 is 0 Å². The summed E-state index contributed by atoms with van der Waals surface area (Å²) in [7, 11) is 0. The van der Waals surface area contributed by atoms with Crippen LogP contribution in [0, 0.1) is 17.3 Å². The highest BCUT2D eigenvalue weighted by Gasteiger charge is 2.31. The third kappa shape index (κ3) is 5.58. The zero-order chi connectivity index (χ0) is 19.8. The molecule has 2 atom stereocenters. The summed E-state index contributed by atoms with van der Waals surface area (Å²) in [6, 6.07) is 10.0. The molecule has 0 saturated heterocycles. The summed E-state index contributed by atoms with van der Waals surface area (Å²) in [6.45, 7) is 4.50. The van der Waals surface area contributed by atoms with Gasteiger partial charge in [0.2, 0.25) is 0 Å². The van der Waals surface area contributed by atoms with Crippen molar-refractivity contribution >= 4 is 0 Å². The molecule has 0 heterocycles. The standard InChI is InChI=1S/C27H39F/c1-3-5-7-10-22-13-15-23(16-14-22)17-19-27(4-2)20-18-25(26(28)21-27)24-11-8-6-9-12-24/h6,8-9,11-12,18,20-23,25H,3-5,7,10,13-17,19H2,1-2H3/t22-,23-,25?,27?. The van der Waals surface area contributed by atoms with E-state index in [2.05, 4.69) is 26.0 Å². The van der Waals surface area contributed by atoms with E-state index < -0.39 is 0 Å². The maximum atomic E-state index is 15.0. The van der Waals surface area contributed by atoms with Crippen molar-refractivity contribution < 1.29 is 4.39 Å². The molecule has 1 aromatic carbocycles. The summed E-state index contributed by atoms with van der Waals surface area (Å²) >= 11 is 0. The molecule has 0 aliphatic heterocycles. The predicted molar refractivity (Wildman–Crippen MR) is 119 cm³/mol. The Morgan fingerprint density at radius 3 is 2.21 bits per heavy atom. The fourth-order valence-electron chi connectivity index (χ4n) is 5.24. The van der Waals surface area contributed by atoms with Gasteiger partial charge in [0.15, 0.2) is 0 Å². The first-order chi connectivity index (χ1) is 13.7. The van der Waals surface area contributed by atoms with Crippen LogP contribution in [0.25, 0.3) is 0 Å². The SMILES string of the molecule is CCCCC[C@H]1CC[C@H](CCC2(CC)C=CC(c3ccccc3)C(F)=C2)CC1. The van der Waals surface area contributed by atoms with Crippen LogP contribution in [-0.2, 0) is 0 Å². The van der Waals surface area contributed by atoms with Gasteiger partial charge in [-0.25, -0.2) is 4.39 Å². The largest absolute Gasteiger partial charge is 0.211 e. The third-order valence-electron chi connectivity index (χ3n) is 7.36. The lowest BCUT2D eigenvalue weighted by molar-refractivity contribution is 0.230. The molecule has 1 heteroatoms. The van der Waals surface area contributed by atoms with Crippen molar-refractivity contribution in [3.63, 3.8) is 0 Å². The minimum absolute atomic E-state index is 0.0372. The lowest BCUT2D eigenvalue weighted by Crippen LogP contribution is -2.22. The second-order valence-electron chi connectivity index (χ2n) is 9.28. The number of hydrogen-bond acceptors (Lipinski definition) is 0. The average Bonchev–Trinajstić information content (AvgIpc) is 2.74. The summed E-state index contributed by atoms with van der Waals surface area (Å²) in [5.41, 5.74) is 0.978. The summed E-state index contributed by atoms with van der Waals surface area (Å²) < 4.78 is 15.0. The van der Waals surface area contributed by atoms with Gasteiger partial charge in [-0.3, -0.25) is 0 Å². The molecule has 154 valence electrons. The van der Waals surface area contributed by atoms with Crippen LogP contribution in [0.4, 0.5) is 4.39 Å². The molecule has 0 bridgehead atoms. The van der Waals surface area contributed by atoms with Crippen LogP contribution in [0.5, 0.6) is 0 Å². The molecule has 0 nitrogen and oxygen atoms in total. The summed E-state index contributed by atoms with van der Waals surface area (Å²) in [4.78, 5) is 0. The first-order valence-corrected chi connectivity index (χ1v) is 11.8. The van der Waals surface area contributed by atoms with E-state index in [-0.39, 0.29) is 17.2 Å². The highest BCUT2D eigenvalue weighted by Crippen LogP contribution is 2.44. The lowest BCUT2D eigenvalue weighted by Gasteiger charge is -2.34. The molecular formula is C27H39F. The van der Waals surface area contributed by atoms with Crippen molar-refractivity contribution in [3.8, 4) is 0 Å². The van der Waals surface area contributed by atoms with Gasteiger partial charge in [0, 0.05) is 5.41 Å². The molecule has 1 saturated carbocycles. The number of benzene rings is 1. The Morgan fingerprint density at radius 1 is 0.929 bits per heavy atom. The molecule has 0 amide bonds. The van der Waals surface area contributed by atoms with E-state index in [0.717, 1.165) is 30.2 Å². The predicted octanol–water partition coefficient (Wildman–Crippen LogP) is 8.76. The maximum Gasteiger partial charge on any atom is 0.108 e. The highest BCUT2D eigenvalue weighted by molar-refractivity contribution is 5.36. The second kappa shape index (κ2) is 10.4. The molecular weight excluding hydrogens is 343 g/mol. The Labute approximate surface area is 172 Å². The van der Waals surface area contributed by atoms with E-state index in [1.165, 1.54) is 57.8 Å². The summed E-state index contributed by atoms with van der Waals surface area (Å²) in [5.74, 6) is 1.67. The van der Waals surface area contributed by atoms with E-state index in [9.17, 15) is 4.39 Å². The number of halogens is 1. The number of unbranched alkanes of at least 4 members (excludes halogenated alkanes) is 2. The zero-order valence-electron chi connectivity index (χ0n) is 18.0. The molecule has 0 radical (unpaired) electrons. The summed E-state index contributed by atoms with van der Waals surface area (Å²) in [6.07, 6.45) is 20.9. The molecule has 1 aromatic rings. The molecule has 1 fully saturated rings. The average molecular weight is 383 g/mol. The van der Waals surface area contributed by atoms with Gasteiger partial charge < -0.3 is 0 Å². The van der Waals surface area contributed by atoms with Crippen LogP contribution in [0.2, 0.25) is 0 Å². The van der Waals surface area contributed by atoms with Crippen molar-refractivity contribution in [2.75, 3.05) is 0 Å². The van der Waals surface area contributed by atoms with Gasteiger partial charge in [-0.15, -0.1) is 0 Å². The van der Waals surface area contributed by atoms with Crippen molar-refractivity contribution in [1.82, 2.24) is 0 Å². The van der Waals surface area contributed by atoms with Gasteiger partial charge >= 0.3 is 0 Å². The zero-order valence-corrected chi connectivity index (χ0v) is 18.0. The van der Waals surface area contributed by atoms with Crippen molar-refractivity contribution in [1.29, 1.82) is 0 Å². The van der Waals surface area contributed by atoms with Gasteiger partial charge in [0.1, 0.15) is 5.83 Å². The Balaban J connectivity index is 1.51. The highest BCUT2D eigenvalue weighted by atomic mass is 19.1. The molecule has 3 rings (SSSR count). The second-order valence-corrected chi connectivity index (χ2v) is 9.28. The molecule has 0 aromatic heterocycles. The van der Waals surface area contributed by atoms with Crippen molar-refractivity contribution in [2.24, 2.45) is 17.3 Å². The van der Waals surface area contributed by atoms with E-state index in [1.54, 1.807) is 0 Å². The minimum Gasteiger partial charge on any atom is -0.211 e. The van der Waals surface area contributed by atoms with Crippen LogP contribution in [-0.4, -0.2) is 0 Å². The van der Waals surface area contributed by atoms with Crippen LogP contribution >= 0.6 is 0 Å². The number of rotatable bonds is 9. The Bertz CT molecular complexity index is 635. The molecule has 2 aliphatic carbocycles. The normalized spacial score (nSPS) is 30.2. The Kier molecular flexibility index (Phi) is 7.94. The molecule has 0 spiro atoms. The quantitative estimate of drug-likeness (QED) is 0.296. The van der Waals surface area contributed by atoms with E-state index in [0.29, 0.717) is 0 Å². The van der Waals surface area contributed by atoms with E-state index in [4.69, 9.17) is 0 Å². The van der Waals surface area contributed by atoms with Gasteiger partial charge in [-0.05, 0) is 42.7 Å². The fourth-order valence-corrected chi connectivity index (χ4v) is 5.24. The first kappa shape index (κ1) is 21.3. The lowest BCUT2D eigenvalue weighted by atomic mass is 9.71. The van der Waals surface area contributed by atoms with Crippen molar-refractivity contribution in [3.05, 3.63) is 60.0 Å². The number of allylic oxidation sites excluding steroid dienone is 4. The molecule has 2 unspecified atom stereocenters. The van der Waals surface area contributed by atoms with Crippen molar-refractivity contribution in [2.45, 2.75) is 90.4 Å². The Hall–Kier alpha value is -1.37. The number of hydrogen-bond donors (Lipinski definition) is 0. The van der Waals surface area contributed by atoms with E-state index >= 15 is 0 Å². The first-order valence-electron chi connectivity index (χ1n) is 11.8. The Morgan fingerprint density at radius 2 is 1.61 bits per heavy atom. The van der Waals surface area contributed by atoms with Gasteiger partial charge in [0.25, 0.3) is 0 Å². The van der Waals surface area contributed by atoms with Gasteiger partial charge in [0.05, 0.1) is 5.92 Å². The minimum atomic E-state index is -0.195. The van der Waals surface area contributed by atoms with Gasteiger partial charge in [-0.1, -0.05) is 108 Å². The summed E-state index contributed by atoms with van der Waals surface area (Å²) in [5, 5.41) is 0. The monoisotopic (exact) mass is 382 g/mol. The fraction of sp³-hybridized carbons (Fsp3) is 0.630. The molecule has 0 N–H and O–H groups in total. The maximum absolute atomic E-state index is 15.0. The van der Waals surface area contributed by atoms with Crippen LogP contribution in [0.3, 0.4) is 0 Å². The van der Waals surface area contributed by atoms with E-state index in [1.807, 2.05) is 36.4 Å². The third-order valence-corrected chi connectivity index (χ3v) is 7.36. The van der Waals surface area contributed by atoms with Crippen LogP contribution in [0.15, 0.2) is 54.4 Å². The molecule has 2 aliphatic rings. The molecule has 28 heavy (non-hydrogen) atoms. The topological polar surface area (TPSA) is 0 Å².